The molecule has 8 heteroatoms. The van der Waals surface area contributed by atoms with Crippen LogP contribution in [-0.2, 0) is 4.74 Å². The number of aromatic amines is 1. The second kappa shape index (κ2) is 5.00. The van der Waals surface area contributed by atoms with Crippen LogP contribution in [0.5, 0.6) is 0 Å². The fourth-order valence-corrected chi connectivity index (χ4v) is 2.35. The number of rotatable bonds is 2. The number of hydrogen-bond acceptors (Lipinski definition) is 4. The van der Waals surface area contributed by atoms with Crippen molar-refractivity contribution < 1.29 is 9.84 Å². The monoisotopic (exact) mass is 276 g/mol. The summed E-state index contributed by atoms with van der Waals surface area (Å²) in [5.74, 6) is 2.43. The van der Waals surface area contributed by atoms with E-state index in [1.165, 1.54) is 10.8 Å². The van der Waals surface area contributed by atoms with Gasteiger partial charge >= 0.3 is 5.69 Å². The van der Waals surface area contributed by atoms with Crippen LogP contribution < -0.4 is 5.69 Å². The number of hydrogen-bond donors (Lipinski definition) is 2. The summed E-state index contributed by atoms with van der Waals surface area (Å²) in [6.07, 6.45) is 7.45. The van der Waals surface area contributed by atoms with Crippen molar-refractivity contribution in [2.75, 3.05) is 0 Å². The Morgan fingerprint density at radius 1 is 1.63 bits per heavy atom. The minimum atomic E-state index is -0.936. The van der Waals surface area contributed by atoms with Crippen LogP contribution >= 0.6 is 12.2 Å². The minimum Gasteiger partial charge on any atom is -0.405 e. The van der Waals surface area contributed by atoms with E-state index in [9.17, 15) is 9.90 Å². The summed E-state index contributed by atoms with van der Waals surface area (Å²) < 4.78 is 7.37. The highest BCUT2D eigenvalue weighted by Crippen LogP contribution is 2.30. The zero-order chi connectivity index (χ0) is 14.2. The molecule has 0 saturated carbocycles. The van der Waals surface area contributed by atoms with E-state index in [0.29, 0.717) is 18.4 Å². The Balaban J connectivity index is 2.33. The lowest BCUT2D eigenvalue weighted by Crippen LogP contribution is -2.43. The van der Waals surface area contributed by atoms with Gasteiger partial charge in [0.2, 0.25) is 0 Å². The van der Waals surface area contributed by atoms with Crippen LogP contribution in [0, 0.1) is 17.0 Å². The van der Waals surface area contributed by atoms with E-state index < -0.39 is 11.6 Å². The lowest BCUT2D eigenvalue weighted by Gasteiger charge is -2.26. The number of nitrogens with one attached hydrogen (secondary N) is 1. The van der Waals surface area contributed by atoms with E-state index in [1.807, 2.05) is 0 Å². The Morgan fingerprint density at radius 2 is 2.32 bits per heavy atom. The molecule has 1 aliphatic rings. The Bertz CT molecular complexity index is 641. The third kappa shape index (κ3) is 2.84. The zero-order valence-corrected chi connectivity index (χ0v) is 11.7. The van der Waals surface area contributed by atoms with Crippen molar-refractivity contribution in [1.82, 2.24) is 9.55 Å². The molecule has 0 amide bonds. The Kier molecular flexibility index (Phi) is 3.72. The molecule has 2 N–H and O–H groups in total. The van der Waals surface area contributed by atoms with Crippen molar-refractivity contribution >= 4 is 27.9 Å². The molecular formula is C11H14B2N2O3S. The Hall–Kier alpha value is -1.29. The molecule has 0 aliphatic carbocycles. The van der Waals surface area contributed by atoms with Crippen LogP contribution in [-0.4, -0.2) is 41.9 Å². The number of aliphatic hydroxyl groups is 1. The molecular weight excluding hydrogens is 262 g/mol. The highest BCUT2D eigenvalue weighted by Gasteiger charge is 2.36. The number of nitrogens with zero attached hydrogens (tertiary/aromatic N) is 1. The van der Waals surface area contributed by atoms with Crippen molar-refractivity contribution in [2.24, 2.45) is 0 Å². The first kappa shape index (κ1) is 14.1. The third-order valence-electron chi connectivity index (χ3n) is 3.22. The van der Waals surface area contributed by atoms with Gasteiger partial charge < -0.3 is 9.84 Å². The van der Waals surface area contributed by atoms with E-state index in [0.717, 1.165) is 0 Å². The van der Waals surface area contributed by atoms with Gasteiger partial charge in [-0.2, -0.15) is 0 Å². The van der Waals surface area contributed by atoms with E-state index in [-0.39, 0.29) is 16.4 Å². The molecule has 0 spiro atoms. The van der Waals surface area contributed by atoms with E-state index in [1.54, 1.807) is 15.7 Å². The first-order chi connectivity index (χ1) is 8.82. The summed E-state index contributed by atoms with van der Waals surface area (Å²) in [5, 5.41) is 8.99. The SMILES string of the molecule is BC(B)(O)C1CCC(n2cc(C#C)c(=S)[nH]c2=O)O1. The summed E-state index contributed by atoms with van der Waals surface area (Å²) in [4.78, 5) is 14.4. The molecule has 1 aromatic rings. The fraction of sp³-hybridized carbons (Fsp3) is 0.455. The molecule has 0 radical (unpaired) electrons. The van der Waals surface area contributed by atoms with Crippen molar-refractivity contribution in [3.63, 3.8) is 0 Å². The molecule has 1 fully saturated rings. The average molecular weight is 276 g/mol. The quantitative estimate of drug-likeness (QED) is 0.391. The summed E-state index contributed by atoms with van der Waals surface area (Å²) >= 11 is 4.96. The van der Waals surface area contributed by atoms with Gasteiger partial charge in [0.15, 0.2) is 0 Å². The van der Waals surface area contributed by atoms with Gasteiger partial charge in [-0.25, -0.2) is 4.79 Å². The smallest absolute Gasteiger partial charge is 0.328 e. The molecule has 19 heavy (non-hydrogen) atoms. The first-order valence-corrected chi connectivity index (χ1v) is 6.43. The third-order valence-corrected chi connectivity index (χ3v) is 3.54. The average Bonchev–Trinajstić information content (AvgIpc) is 2.78. The van der Waals surface area contributed by atoms with Gasteiger partial charge in [0.05, 0.1) is 11.7 Å². The van der Waals surface area contributed by atoms with Gasteiger partial charge in [-0.3, -0.25) is 9.55 Å². The maximum atomic E-state index is 11.9. The van der Waals surface area contributed by atoms with Gasteiger partial charge in [-0.15, -0.1) is 6.42 Å². The maximum absolute atomic E-state index is 11.9. The zero-order valence-electron chi connectivity index (χ0n) is 10.8. The fourth-order valence-electron chi connectivity index (χ4n) is 2.15. The molecule has 2 heterocycles. The second-order valence-electron chi connectivity index (χ2n) is 5.16. The molecule has 1 saturated heterocycles. The number of terminal acetylenes is 1. The molecule has 1 aliphatic heterocycles. The number of ether oxygens (including phenoxy) is 1. The number of H-pyrrole nitrogens is 1. The molecule has 98 valence electrons. The Labute approximate surface area is 117 Å². The van der Waals surface area contributed by atoms with Crippen molar-refractivity contribution in [3.8, 4) is 12.3 Å². The Morgan fingerprint density at radius 3 is 2.84 bits per heavy atom. The number of aromatic nitrogens is 2. The predicted molar refractivity (Wildman–Crippen MR) is 79.0 cm³/mol. The normalized spacial score (nSPS) is 23.2. The molecule has 5 nitrogen and oxygen atoms in total. The molecule has 2 rings (SSSR count). The maximum Gasteiger partial charge on any atom is 0.328 e. The lowest BCUT2D eigenvalue weighted by molar-refractivity contribution is -0.0503. The molecule has 0 bridgehead atoms. The van der Waals surface area contributed by atoms with Crippen LogP contribution in [0.4, 0.5) is 0 Å². The minimum absolute atomic E-state index is 0.251. The summed E-state index contributed by atoms with van der Waals surface area (Å²) in [7, 11) is 3.38. The highest BCUT2D eigenvalue weighted by molar-refractivity contribution is 7.71. The van der Waals surface area contributed by atoms with Crippen molar-refractivity contribution in [2.45, 2.75) is 30.6 Å². The summed E-state index contributed by atoms with van der Waals surface area (Å²) in [6, 6.07) is 0. The van der Waals surface area contributed by atoms with Crippen LogP contribution in [0.2, 0.25) is 0 Å². The van der Waals surface area contributed by atoms with E-state index in [2.05, 4.69) is 10.9 Å². The topological polar surface area (TPSA) is 67.2 Å². The molecule has 0 aromatic carbocycles. The molecule has 2 unspecified atom stereocenters. The van der Waals surface area contributed by atoms with E-state index in [4.69, 9.17) is 23.4 Å². The van der Waals surface area contributed by atoms with Gasteiger partial charge in [0.25, 0.3) is 0 Å². The largest absolute Gasteiger partial charge is 0.405 e. The van der Waals surface area contributed by atoms with Gasteiger partial charge in [-0.05, 0) is 12.8 Å². The van der Waals surface area contributed by atoms with Crippen LogP contribution in [0.3, 0.4) is 0 Å². The van der Waals surface area contributed by atoms with Gasteiger partial charge in [0, 0.05) is 11.6 Å². The summed E-state index contributed by atoms with van der Waals surface area (Å²) in [6.45, 7) is 0. The molecule has 2 atom stereocenters. The van der Waals surface area contributed by atoms with Gasteiger partial charge in [0.1, 0.15) is 26.6 Å². The van der Waals surface area contributed by atoms with Gasteiger partial charge in [-0.1, -0.05) is 18.1 Å². The van der Waals surface area contributed by atoms with Crippen LogP contribution in [0.1, 0.15) is 24.6 Å². The first-order valence-electron chi connectivity index (χ1n) is 6.03. The van der Waals surface area contributed by atoms with E-state index >= 15 is 0 Å². The van der Waals surface area contributed by atoms with Crippen LogP contribution in [0.25, 0.3) is 0 Å². The summed E-state index contributed by atoms with van der Waals surface area (Å²) in [5.41, 5.74) is 0.0929. The lowest BCUT2D eigenvalue weighted by atomic mass is 9.61. The second-order valence-corrected chi connectivity index (χ2v) is 5.57. The van der Waals surface area contributed by atoms with Crippen molar-refractivity contribution in [3.05, 3.63) is 26.9 Å². The molecule has 1 aromatic heterocycles. The predicted octanol–water partition coefficient (Wildman–Crippen LogP) is -1.52. The van der Waals surface area contributed by atoms with Crippen LogP contribution in [0.15, 0.2) is 11.0 Å². The van der Waals surface area contributed by atoms with Crippen molar-refractivity contribution in [1.29, 1.82) is 0 Å². The highest BCUT2D eigenvalue weighted by atomic mass is 32.1. The standard InChI is InChI=1S/C11H14B2N2O3S/c1-2-6-5-15(10(16)14-9(6)19)8-4-3-7(18-8)11(12,13)17/h1,5,7-8,17H,3-4,12-13H2,(H,14,16,19).